The van der Waals surface area contributed by atoms with Gasteiger partial charge in [-0.2, -0.15) is 0 Å². The lowest BCUT2D eigenvalue weighted by Gasteiger charge is -2.24. The average molecular weight is 400 g/mol. The van der Waals surface area contributed by atoms with Gasteiger partial charge in [0, 0.05) is 26.3 Å². The number of amides is 1. The molecule has 0 bridgehead atoms. The topological polar surface area (TPSA) is 55.4 Å². The lowest BCUT2D eigenvalue weighted by Crippen LogP contribution is -2.30. The van der Waals surface area contributed by atoms with Gasteiger partial charge in [0.05, 0.1) is 0 Å². The Labute approximate surface area is 169 Å². The predicted octanol–water partition coefficient (Wildman–Crippen LogP) is 4.96. The van der Waals surface area contributed by atoms with Crippen molar-refractivity contribution >= 4 is 24.8 Å². The van der Waals surface area contributed by atoms with Crippen LogP contribution in [0.4, 0.5) is 5.69 Å². The van der Waals surface area contributed by atoms with Gasteiger partial charge < -0.3 is 10.1 Å². The number of nitrogens with one attached hydrogen (secondary N) is 1. The number of aryl methyl sites for hydroxylation is 3. The molecule has 2 rings (SSSR count). The van der Waals surface area contributed by atoms with E-state index in [1.54, 1.807) is 0 Å². The van der Waals surface area contributed by atoms with Crippen LogP contribution >= 0.6 is 7.26 Å². The van der Waals surface area contributed by atoms with Gasteiger partial charge in [0.1, 0.15) is 12.3 Å². The molecule has 1 atom stereocenters. The SMILES string of the molecule is Cc1cc(C)c(NC(=O)C(C)[P+](C)(C)CC(=O)OCc2ccccc2)c(C)c1. The number of esters is 1. The molecular formula is C23H31NO3P+. The lowest BCUT2D eigenvalue weighted by atomic mass is 10.1. The number of carbonyl (C=O) groups excluding carboxylic acids is 2. The molecule has 0 spiro atoms. The van der Waals surface area contributed by atoms with Gasteiger partial charge in [0.15, 0.2) is 6.16 Å². The Morgan fingerprint density at radius 1 is 1.04 bits per heavy atom. The minimum atomic E-state index is -1.83. The molecule has 150 valence electrons. The molecule has 0 aromatic heterocycles. The maximum atomic E-state index is 12.9. The Kier molecular flexibility index (Phi) is 7.37. The summed E-state index contributed by atoms with van der Waals surface area (Å²) in [4.78, 5) is 25.2. The molecule has 1 N–H and O–H groups in total. The van der Waals surface area contributed by atoms with Crippen LogP contribution in [-0.4, -0.2) is 37.0 Å². The average Bonchev–Trinajstić information content (AvgIpc) is 2.62. The Bertz CT molecular complexity index is 823. The molecule has 0 heterocycles. The highest BCUT2D eigenvalue weighted by atomic mass is 31.2. The number of carbonyl (C=O) groups is 2. The van der Waals surface area contributed by atoms with Crippen LogP contribution in [0.3, 0.4) is 0 Å². The van der Waals surface area contributed by atoms with Crippen LogP contribution in [0, 0.1) is 20.8 Å². The van der Waals surface area contributed by atoms with Crippen LogP contribution in [0.1, 0.15) is 29.2 Å². The van der Waals surface area contributed by atoms with Crippen LogP contribution in [0.15, 0.2) is 42.5 Å². The molecule has 1 unspecified atom stereocenters. The van der Waals surface area contributed by atoms with Gasteiger partial charge in [-0.15, -0.1) is 0 Å². The van der Waals surface area contributed by atoms with Crippen molar-refractivity contribution in [2.45, 2.75) is 40.0 Å². The molecule has 0 aliphatic rings. The maximum absolute atomic E-state index is 12.9. The molecule has 0 saturated carbocycles. The zero-order valence-corrected chi connectivity index (χ0v) is 18.6. The summed E-state index contributed by atoms with van der Waals surface area (Å²) in [5.41, 5.74) is 4.87. The lowest BCUT2D eigenvalue weighted by molar-refractivity contribution is -0.141. The molecule has 0 radical (unpaired) electrons. The number of hydrogen-bond acceptors (Lipinski definition) is 3. The quantitative estimate of drug-likeness (QED) is 0.528. The van der Waals surface area contributed by atoms with Gasteiger partial charge in [-0.3, -0.25) is 4.79 Å². The van der Waals surface area contributed by atoms with Gasteiger partial charge in [0.2, 0.25) is 0 Å². The van der Waals surface area contributed by atoms with Gasteiger partial charge >= 0.3 is 5.97 Å². The Balaban J connectivity index is 1.98. The molecule has 1 amide bonds. The first kappa shape index (κ1) is 22.1. The number of hydrogen-bond donors (Lipinski definition) is 1. The summed E-state index contributed by atoms with van der Waals surface area (Å²) in [5, 5.41) is 3.08. The fourth-order valence-corrected chi connectivity index (χ4v) is 4.91. The van der Waals surface area contributed by atoms with Gasteiger partial charge in [-0.05, 0) is 44.4 Å². The molecule has 5 heteroatoms. The van der Waals surface area contributed by atoms with Gasteiger partial charge in [0.25, 0.3) is 5.91 Å². The van der Waals surface area contributed by atoms with Crippen molar-refractivity contribution in [3.8, 4) is 0 Å². The monoisotopic (exact) mass is 400 g/mol. The summed E-state index contributed by atoms with van der Waals surface area (Å²) < 4.78 is 5.42. The Hall–Kier alpha value is -2.19. The van der Waals surface area contributed by atoms with E-state index in [-0.39, 0.29) is 24.1 Å². The Morgan fingerprint density at radius 3 is 2.18 bits per heavy atom. The third kappa shape index (κ3) is 5.90. The van der Waals surface area contributed by atoms with Crippen LogP contribution in [0.2, 0.25) is 0 Å². The summed E-state index contributed by atoms with van der Waals surface area (Å²) in [6.45, 7) is 12.3. The maximum Gasteiger partial charge on any atom is 0.344 e. The van der Waals surface area contributed by atoms with Crippen molar-refractivity contribution in [1.82, 2.24) is 0 Å². The third-order valence-electron chi connectivity index (χ3n) is 5.13. The molecule has 4 nitrogen and oxygen atoms in total. The van der Waals surface area contributed by atoms with E-state index in [1.165, 1.54) is 5.56 Å². The molecular weight excluding hydrogens is 369 g/mol. The van der Waals surface area contributed by atoms with E-state index in [1.807, 2.05) is 71.4 Å². The van der Waals surface area contributed by atoms with Crippen molar-refractivity contribution in [1.29, 1.82) is 0 Å². The number of benzene rings is 2. The van der Waals surface area contributed by atoms with E-state index >= 15 is 0 Å². The predicted molar refractivity (Wildman–Crippen MR) is 119 cm³/mol. The third-order valence-corrected chi connectivity index (χ3v) is 8.54. The first-order valence-corrected chi connectivity index (χ1v) is 12.4. The smallest absolute Gasteiger partial charge is 0.344 e. The highest BCUT2D eigenvalue weighted by Gasteiger charge is 2.41. The molecule has 0 saturated heterocycles. The fourth-order valence-electron chi connectivity index (χ4n) is 3.18. The summed E-state index contributed by atoms with van der Waals surface area (Å²) in [5.74, 6) is -0.284. The van der Waals surface area contributed by atoms with Crippen LogP contribution in [0.5, 0.6) is 0 Å². The highest BCUT2D eigenvalue weighted by Crippen LogP contribution is 2.56. The van der Waals surface area contributed by atoms with Crippen molar-refractivity contribution in [2.75, 3.05) is 24.8 Å². The molecule has 28 heavy (non-hydrogen) atoms. The second-order valence-corrected chi connectivity index (χ2v) is 12.7. The summed E-state index contributed by atoms with van der Waals surface area (Å²) in [6, 6.07) is 13.7. The molecule has 2 aromatic carbocycles. The second-order valence-electron chi connectivity index (χ2n) is 8.02. The van der Waals surface area contributed by atoms with Crippen molar-refractivity contribution in [3.63, 3.8) is 0 Å². The van der Waals surface area contributed by atoms with Crippen LogP contribution < -0.4 is 5.32 Å². The largest absolute Gasteiger partial charge is 0.458 e. The van der Waals surface area contributed by atoms with E-state index in [0.717, 1.165) is 22.4 Å². The Morgan fingerprint density at radius 2 is 1.61 bits per heavy atom. The molecule has 2 aromatic rings. The number of ether oxygens (including phenoxy) is 1. The summed E-state index contributed by atoms with van der Waals surface area (Å²) in [7, 11) is -1.83. The van der Waals surface area contributed by atoms with Crippen molar-refractivity contribution in [3.05, 3.63) is 64.7 Å². The standard InChI is InChI=1S/C23H30NO3P/c1-16-12-17(2)22(18(3)13-16)24-23(26)19(4)28(5,6)15-21(25)27-14-20-10-8-7-9-11-20/h7-13,19H,14-15H2,1-6H3/p+1. The highest BCUT2D eigenvalue weighted by molar-refractivity contribution is 7.76. The summed E-state index contributed by atoms with van der Waals surface area (Å²) >= 11 is 0. The number of anilines is 1. The fraction of sp³-hybridized carbons (Fsp3) is 0.391. The van der Waals surface area contributed by atoms with E-state index in [4.69, 9.17) is 4.74 Å². The van der Waals surface area contributed by atoms with E-state index in [2.05, 4.69) is 17.4 Å². The molecule has 0 aliphatic heterocycles. The molecule has 0 aliphatic carbocycles. The van der Waals surface area contributed by atoms with Crippen LogP contribution in [-0.2, 0) is 20.9 Å². The van der Waals surface area contributed by atoms with Gasteiger partial charge in [-0.25, -0.2) is 4.79 Å². The minimum Gasteiger partial charge on any atom is -0.458 e. The van der Waals surface area contributed by atoms with E-state index in [9.17, 15) is 9.59 Å². The van der Waals surface area contributed by atoms with Crippen LogP contribution in [0.25, 0.3) is 0 Å². The minimum absolute atomic E-state index is 0.0377. The van der Waals surface area contributed by atoms with E-state index in [0.29, 0.717) is 6.16 Å². The first-order valence-electron chi connectivity index (χ1n) is 9.51. The van der Waals surface area contributed by atoms with Crippen molar-refractivity contribution < 1.29 is 14.3 Å². The zero-order chi connectivity index (χ0) is 20.9. The normalized spacial score (nSPS) is 12.4. The van der Waals surface area contributed by atoms with Crippen molar-refractivity contribution in [2.24, 2.45) is 0 Å². The molecule has 0 fully saturated rings. The van der Waals surface area contributed by atoms with Gasteiger partial charge in [-0.1, -0.05) is 48.0 Å². The summed E-state index contributed by atoms with van der Waals surface area (Å²) in [6.07, 6.45) is 0.292. The second kappa shape index (κ2) is 9.34. The van der Waals surface area contributed by atoms with E-state index < -0.39 is 7.26 Å². The first-order chi connectivity index (χ1) is 13.1. The number of rotatable bonds is 7. The zero-order valence-electron chi connectivity index (χ0n) is 17.7.